The summed E-state index contributed by atoms with van der Waals surface area (Å²) in [7, 11) is 0. The number of hydrogen-bond acceptors (Lipinski definition) is 3. The molecule has 0 aliphatic rings. The van der Waals surface area contributed by atoms with Crippen LogP contribution in [0.4, 0.5) is 0 Å². The Morgan fingerprint density at radius 1 is 1.41 bits per heavy atom. The molecule has 0 spiro atoms. The van der Waals surface area contributed by atoms with E-state index in [4.69, 9.17) is 11.0 Å². The average Bonchev–Trinajstić information content (AvgIpc) is 2.78. The Balaban J connectivity index is 2.33. The number of nitrogens with two attached hydrogens (primary N) is 1. The summed E-state index contributed by atoms with van der Waals surface area (Å²) in [6.45, 7) is 3.22. The summed E-state index contributed by atoms with van der Waals surface area (Å²) < 4.78 is 1.82. The molecule has 1 heterocycles. The number of hydrogen-bond donors (Lipinski definition) is 1. The molecule has 0 fully saturated rings. The summed E-state index contributed by atoms with van der Waals surface area (Å²) in [5, 5.41) is 13.3. The zero-order valence-corrected chi connectivity index (χ0v) is 9.72. The third-order valence-electron chi connectivity index (χ3n) is 2.64. The van der Waals surface area contributed by atoms with Crippen LogP contribution in [0, 0.1) is 18.3 Å². The zero-order valence-electron chi connectivity index (χ0n) is 9.72. The second-order valence-corrected chi connectivity index (χ2v) is 3.89. The average molecular weight is 226 g/mol. The van der Waals surface area contributed by atoms with Gasteiger partial charge < -0.3 is 5.73 Å². The molecule has 0 aliphatic heterocycles. The maximum Gasteiger partial charge on any atom is 0.0994 e. The Hall–Kier alpha value is -2.12. The van der Waals surface area contributed by atoms with Crippen LogP contribution in [0.1, 0.15) is 11.1 Å². The van der Waals surface area contributed by atoms with Gasteiger partial charge in [-0.15, -0.1) is 0 Å². The van der Waals surface area contributed by atoms with Crippen molar-refractivity contribution >= 4 is 0 Å². The molecule has 1 aromatic carbocycles. The van der Waals surface area contributed by atoms with Crippen molar-refractivity contribution in [2.24, 2.45) is 5.73 Å². The Morgan fingerprint density at radius 3 is 2.88 bits per heavy atom. The van der Waals surface area contributed by atoms with Crippen LogP contribution in [0.15, 0.2) is 30.5 Å². The maximum atomic E-state index is 8.87. The lowest BCUT2D eigenvalue weighted by Gasteiger charge is -2.01. The van der Waals surface area contributed by atoms with Crippen molar-refractivity contribution < 1.29 is 0 Å². The molecule has 86 valence electrons. The Kier molecular flexibility index (Phi) is 3.22. The lowest BCUT2D eigenvalue weighted by atomic mass is 10.0. The summed E-state index contributed by atoms with van der Waals surface area (Å²) in [5.41, 5.74) is 9.08. The molecular formula is C13H14N4. The molecule has 0 radical (unpaired) electrons. The highest BCUT2D eigenvalue weighted by Gasteiger charge is 2.04. The maximum absolute atomic E-state index is 8.87. The van der Waals surface area contributed by atoms with E-state index in [0.29, 0.717) is 12.1 Å². The van der Waals surface area contributed by atoms with Gasteiger partial charge in [-0.05, 0) is 30.7 Å². The number of aryl methyl sites for hydroxylation is 1. The minimum absolute atomic E-state index is 0.577. The van der Waals surface area contributed by atoms with E-state index in [-0.39, 0.29) is 0 Å². The summed E-state index contributed by atoms with van der Waals surface area (Å²) in [6.07, 6.45) is 1.91. The number of rotatable bonds is 3. The first-order valence-corrected chi connectivity index (χ1v) is 5.49. The Bertz CT molecular complexity index is 563. The molecule has 0 atom stereocenters. The molecule has 0 saturated heterocycles. The van der Waals surface area contributed by atoms with Gasteiger partial charge in [0, 0.05) is 18.3 Å². The zero-order chi connectivity index (χ0) is 12.3. The van der Waals surface area contributed by atoms with Crippen LogP contribution in [0.5, 0.6) is 0 Å². The summed E-state index contributed by atoms with van der Waals surface area (Å²) in [6, 6.07) is 9.84. The monoisotopic (exact) mass is 226 g/mol. The molecule has 4 heteroatoms. The molecular weight excluding hydrogens is 212 g/mol. The van der Waals surface area contributed by atoms with Crippen molar-refractivity contribution in [2.45, 2.75) is 13.5 Å². The molecule has 0 amide bonds. The fourth-order valence-electron chi connectivity index (χ4n) is 1.72. The van der Waals surface area contributed by atoms with E-state index in [1.165, 1.54) is 0 Å². The predicted molar refractivity (Wildman–Crippen MR) is 66.2 cm³/mol. The van der Waals surface area contributed by atoms with Gasteiger partial charge in [-0.3, -0.25) is 4.68 Å². The highest BCUT2D eigenvalue weighted by Crippen LogP contribution is 2.20. The number of nitrogens with zero attached hydrogens (tertiary/aromatic N) is 3. The second kappa shape index (κ2) is 4.81. The van der Waals surface area contributed by atoms with E-state index in [0.717, 1.165) is 23.4 Å². The fraction of sp³-hybridized carbons (Fsp3) is 0.231. The van der Waals surface area contributed by atoms with Crippen molar-refractivity contribution in [2.75, 3.05) is 6.54 Å². The first-order chi connectivity index (χ1) is 8.24. The van der Waals surface area contributed by atoms with Crippen molar-refractivity contribution in [3.63, 3.8) is 0 Å². The molecule has 0 aliphatic carbocycles. The Labute approximate surface area is 100 Å². The normalized spacial score (nSPS) is 10.2. The molecule has 1 aromatic heterocycles. The summed E-state index contributed by atoms with van der Waals surface area (Å²) in [5.74, 6) is 0. The van der Waals surface area contributed by atoms with Crippen LogP contribution in [-0.2, 0) is 6.54 Å². The van der Waals surface area contributed by atoms with Crippen molar-refractivity contribution in [3.05, 3.63) is 41.6 Å². The number of nitriles is 1. The molecule has 0 bridgehead atoms. The molecule has 0 saturated carbocycles. The van der Waals surface area contributed by atoms with Crippen LogP contribution in [0.25, 0.3) is 11.3 Å². The number of aromatic nitrogens is 2. The topological polar surface area (TPSA) is 67.6 Å². The standard InChI is InChI=1S/C13H14N4/c1-10-8-11(2-3-12(10)9-15)13-4-6-17(16-13)7-5-14/h2-4,6,8H,5,7,14H2,1H3. The predicted octanol–water partition coefficient (Wildman–Crippen LogP) is 1.69. The minimum atomic E-state index is 0.577. The van der Waals surface area contributed by atoms with E-state index >= 15 is 0 Å². The smallest absolute Gasteiger partial charge is 0.0994 e. The highest BCUT2D eigenvalue weighted by atomic mass is 15.3. The SMILES string of the molecule is Cc1cc(-c2ccn(CCN)n2)ccc1C#N. The lowest BCUT2D eigenvalue weighted by molar-refractivity contribution is 0.627. The lowest BCUT2D eigenvalue weighted by Crippen LogP contribution is -2.10. The third kappa shape index (κ3) is 2.35. The minimum Gasteiger partial charge on any atom is -0.329 e. The molecule has 2 rings (SSSR count). The second-order valence-electron chi connectivity index (χ2n) is 3.89. The van der Waals surface area contributed by atoms with Crippen LogP contribution in [-0.4, -0.2) is 16.3 Å². The van der Waals surface area contributed by atoms with Crippen molar-refractivity contribution in [1.29, 1.82) is 5.26 Å². The van der Waals surface area contributed by atoms with Gasteiger partial charge in [0.1, 0.15) is 0 Å². The summed E-state index contributed by atoms with van der Waals surface area (Å²) >= 11 is 0. The van der Waals surface area contributed by atoms with Crippen LogP contribution < -0.4 is 5.73 Å². The first kappa shape index (κ1) is 11.4. The van der Waals surface area contributed by atoms with Crippen molar-refractivity contribution in [3.8, 4) is 17.3 Å². The van der Waals surface area contributed by atoms with Crippen LogP contribution in [0.3, 0.4) is 0 Å². The quantitative estimate of drug-likeness (QED) is 0.865. The summed E-state index contributed by atoms with van der Waals surface area (Å²) in [4.78, 5) is 0. The van der Waals surface area contributed by atoms with Gasteiger partial charge in [-0.25, -0.2) is 0 Å². The van der Waals surface area contributed by atoms with E-state index in [9.17, 15) is 0 Å². The Morgan fingerprint density at radius 2 is 2.24 bits per heavy atom. The van der Waals surface area contributed by atoms with Crippen LogP contribution >= 0.6 is 0 Å². The number of benzene rings is 1. The van der Waals surface area contributed by atoms with Gasteiger partial charge >= 0.3 is 0 Å². The van der Waals surface area contributed by atoms with Crippen LogP contribution in [0.2, 0.25) is 0 Å². The van der Waals surface area contributed by atoms with E-state index in [2.05, 4.69) is 11.2 Å². The highest BCUT2D eigenvalue weighted by molar-refractivity contribution is 5.61. The molecule has 2 N–H and O–H groups in total. The molecule has 0 unspecified atom stereocenters. The first-order valence-electron chi connectivity index (χ1n) is 5.49. The van der Waals surface area contributed by atoms with Gasteiger partial charge in [-0.1, -0.05) is 6.07 Å². The van der Waals surface area contributed by atoms with Crippen molar-refractivity contribution in [1.82, 2.24) is 9.78 Å². The van der Waals surface area contributed by atoms with Gasteiger partial charge in [0.25, 0.3) is 0 Å². The van der Waals surface area contributed by atoms with E-state index in [1.54, 1.807) is 0 Å². The largest absolute Gasteiger partial charge is 0.329 e. The van der Waals surface area contributed by atoms with Gasteiger partial charge in [0.15, 0.2) is 0 Å². The van der Waals surface area contributed by atoms with Gasteiger partial charge in [-0.2, -0.15) is 10.4 Å². The fourth-order valence-corrected chi connectivity index (χ4v) is 1.72. The molecule has 17 heavy (non-hydrogen) atoms. The van der Waals surface area contributed by atoms with Gasteiger partial charge in [0.05, 0.1) is 23.9 Å². The van der Waals surface area contributed by atoms with E-state index < -0.39 is 0 Å². The molecule has 4 nitrogen and oxygen atoms in total. The van der Waals surface area contributed by atoms with E-state index in [1.807, 2.05) is 42.1 Å². The third-order valence-corrected chi connectivity index (χ3v) is 2.64. The van der Waals surface area contributed by atoms with Gasteiger partial charge in [0.2, 0.25) is 0 Å². The molecule has 2 aromatic rings.